The summed E-state index contributed by atoms with van der Waals surface area (Å²) in [6.45, 7) is 0. The third-order valence-electron chi connectivity index (χ3n) is 3.55. The Balaban J connectivity index is 1.83. The van der Waals surface area contributed by atoms with Crippen molar-refractivity contribution in [2.75, 3.05) is 5.73 Å². The van der Waals surface area contributed by atoms with E-state index < -0.39 is 5.63 Å². The molecule has 0 aliphatic heterocycles. The van der Waals surface area contributed by atoms with Crippen LogP contribution in [0.3, 0.4) is 0 Å². The quantitative estimate of drug-likeness (QED) is 0.454. The van der Waals surface area contributed by atoms with E-state index in [-0.39, 0.29) is 0 Å². The highest BCUT2D eigenvalue weighted by atomic mass is 16.4. The molecule has 4 rings (SSSR count). The number of aromatic nitrogens is 3. The SMILES string of the molecule is Nc1ccc2cc(-n3cc(-c4ccccc4)nn3)c(=O)oc2c1. The zero-order valence-corrected chi connectivity index (χ0v) is 12.0. The lowest BCUT2D eigenvalue weighted by atomic mass is 10.2. The Kier molecular flexibility index (Phi) is 2.94. The summed E-state index contributed by atoms with van der Waals surface area (Å²) < 4.78 is 6.74. The van der Waals surface area contributed by atoms with Crippen LogP contribution in [0.25, 0.3) is 27.9 Å². The zero-order chi connectivity index (χ0) is 15.8. The molecular weight excluding hydrogens is 292 g/mol. The van der Waals surface area contributed by atoms with Crippen molar-refractivity contribution in [3.05, 3.63) is 71.2 Å². The van der Waals surface area contributed by atoms with Crippen LogP contribution in [0.1, 0.15) is 0 Å². The Morgan fingerprint density at radius 2 is 1.87 bits per heavy atom. The molecule has 0 fully saturated rings. The molecule has 0 atom stereocenters. The van der Waals surface area contributed by atoms with Crippen LogP contribution in [0.2, 0.25) is 0 Å². The standard InChI is InChI=1S/C17H12N4O2/c18-13-7-6-12-8-15(17(22)23-16(12)9-13)21-10-14(19-20-21)11-4-2-1-3-5-11/h1-10H,18H2. The molecule has 0 amide bonds. The van der Waals surface area contributed by atoms with E-state index in [4.69, 9.17) is 10.2 Å². The van der Waals surface area contributed by atoms with E-state index in [9.17, 15) is 4.79 Å². The molecule has 2 aromatic heterocycles. The highest BCUT2D eigenvalue weighted by Gasteiger charge is 2.11. The smallest absolute Gasteiger partial charge is 0.362 e. The lowest BCUT2D eigenvalue weighted by molar-refractivity contribution is 0.551. The van der Waals surface area contributed by atoms with Crippen molar-refractivity contribution < 1.29 is 4.42 Å². The van der Waals surface area contributed by atoms with E-state index >= 15 is 0 Å². The van der Waals surface area contributed by atoms with E-state index in [1.165, 1.54) is 4.68 Å². The molecule has 112 valence electrons. The average Bonchev–Trinajstić information content (AvgIpc) is 3.05. The number of anilines is 1. The minimum atomic E-state index is -0.493. The summed E-state index contributed by atoms with van der Waals surface area (Å²) in [6, 6.07) is 16.5. The van der Waals surface area contributed by atoms with Gasteiger partial charge >= 0.3 is 5.63 Å². The summed E-state index contributed by atoms with van der Waals surface area (Å²) in [5.74, 6) is 0. The van der Waals surface area contributed by atoms with Crippen molar-refractivity contribution in [1.29, 1.82) is 0 Å². The third kappa shape index (κ3) is 2.36. The van der Waals surface area contributed by atoms with Gasteiger partial charge in [-0.2, -0.15) is 0 Å². The molecule has 2 aromatic carbocycles. The van der Waals surface area contributed by atoms with E-state index in [0.717, 1.165) is 10.9 Å². The first kappa shape index (κ1) is 13.3. The first-order valence-electron chi connectivity index (χ1n) is 7.02. The van der Waals surface area contributed by atoms with Gasteiger partial charge in [0.15, 0.2) is 5.69 Å². The molecular formula is C17H12N4O2. The molecule has 2 N–H and O–H groups in total. The molecule has 6 nitrogen and oxygen atoms in total. The zero-order valence-electron chi connectivity index (χ0n) is 12.0. The number of nitrogens with zero attached hydrogens (tertiary/aromatic N) is 3. The molecule has 0 aliphatic carbocycles. The molecule has 4 aromatic rings. The molecule has 0 unspecified atom stereocenters. The van der Waals surface area contributed by atoms with Gasteiger partial charge in [0, 0.05) is 22.7 Å². The van der Waals surface area contributed by atoms with Crippen LogP contribution in [-0.4, -0.2) is 15.0 Å². The highest BCUT2D eigenvalue weighted by Crippen LogP contribution is 2.20. The Morgan fingerprint density at radius 1 is 1.04 bits per heavy atom. The molecule has 0 saturated heterocycles. The van der Waals surface area contributed by atoms with Crippen molar-refractivity contribution in [2.45, 2.75) is 0 Å². The van der Waals surface area contributed by atoms with Crippen LogP contribution in [0.5, 0.6) is 0 Å². The minimum Gasteiger partial charge on any atom is -0.421 e. The second-order valence-electron chi connectivity index (χ2n) is 5.13. The first-order valence-corrected chi connectivity index (χ1v) is 7.02. The summed E-state index contributed by atoms with van der Waals surface area (Å²) in [5.41, 5.74) is 8.11. The van der Waals surface area contributed by atoms with Crippen molar-refractivity contribution in [2.24, 2.45) is 0 Å². The van der Waals surface area contributed by atoms with Gasteiger partial charge in [-0.25, -0.2) is 9.48 Å². The number of nitrogen functional groups attached to an aromatic ring is 1. The molecule has 0 bridgehead atoms. The summed E-state index contributed by atoms with van der Waals surface area (Å²) in [5, 5.41) is 8.91. The average molecular weight is 304 g/mol. The van der Waals surface area contributed by atoms with Gasteiger partial charge in [-0.15, -0.1) is 5.10 Å². The molecule has 0 aliphatic rings. The summed E-state index contributed by atoms with van der Waals surface area (Å²) in [6.07, 6.45) is 1.70. The van der Waals surface area contributed by atoms with Crippen molar-refractivity contribution >= 4 is 16.7 Å². The van der Waals surface area contributed by atoms with Crippen LogP contribution < -0.4 is 11.4 Å². The third-order valence-corrected chi connectivity index (χ3v) is 3.55. The molecule has 6 heteroatoms. The molecule has 2 heterocycles. The van der Waals surface area contributed by atoms with Crippen molar-refractivity contribution in [3.63, 3.8) is 0 Å². The van der Waals surface area contributed by atoms with Gasteiger partial charge in [0.05, 0.1) is 6.20 Å². The van der Waals surface area contributed by atoms with Crippen LogP contribution >= 0.6 is 0 Å². The summed E-state index contributed by atoms with van der Waals surface area (Å²) in [4.78, 5) is 12.2. The maximum atomic E-state index is 12.2. The largest absolute Gasteiger partial charge is 0.421 e. The van der Waals surface area contributed by atoms with Gasteiger partial charge in [-0.1, -0.05) is 35.5 Å². The number of nitrogens with two attached hydrogens (primary N) is 1. The van der Waals surface area contributed by atoms with Crippen molar-refractivity contribution in [1.82, 2.24) is 15.0 Å². The minimum absolute atomic E-state index is 0.303. The van der Waals surface area contributed by atoms with E-state index in [2.05, 4.69) is 10.3 Å². The fraction of sp³-hybridized carbons (Fsp3) is 0. The fourth-order valence-corrected chi connectivity index (χ4v) is 2.40. The van der Waals surface area contributed by atoms with Gasteiger partial charge < -0.3 is 10.2 Å². The van der Waals surface area contributed by atoms with Crippen LogP contribution in [0, 0.1) is 0 Å². The Bertz CT molecular complexity index is 1050. The number of rotatable bonds is 2. The normalized spacial score (nSPS) is 11.0. The molecule has 23 heavy (non-hydrogen) atoms. The Labute approximate surface area is 130 Å². The molecule has 0 spiro atoms. The highest BCUT2D eigenvalue weighted by molar-refractivity contribution is 5.81. The fourth-order valence-electron chi connectivity index (χ4n) is 2.40. The van der Waals surface area contributed by atoms with Gasteiger partial charge in [0.1, 0.15) is 11.3 Å². The van der Waals surface area contributed by atoms with E-state index in [0.29, 0.717) is 22.7 Å². The lowest BCUT2D eigenvalue weighted by Gasteiger charge is -2.02. The molecule has 0 radical (unpaired) electrons. The maximum Gasteiger partial charge on any atom is 0.362 e. The summed E-state index contributed by atoms with van der Waals surface area (Å²) >= 11 is 0. The van der Waals surface area contributed by atoms with Crippen LogP contribution in [0.15, 0.2) is 70.0 Å². The predicted octanol–water partition coefficient (Wildman–Crippen LogP) is 2.62. The Morgan fingerprint density at radius 3 is 2.70 bits per heavy atom. The number of benzene rings is 2. The van der Waals surface area contributed by atoms with Crippen LogP contribution in [-0.2, 0) is 0 Å². The van der Waals surface area contributed by atoms with E-state index in [1.807, 2.05) is 30.3 Å². The van der Waals surface area contributed by atoms with E-state index in [1.54, 1.807) is 30.5 Å². The van der Waals surface area contributed by atoms with Gasteiger partial charge in [-0.05, 0) is 18.2 Å². The first-order chi connectivity index (χ1) is 11.2. The number of fused-ring (bicyclic) bond motifs is 1. The van der Waals surface area contributed by atoms with Gasteiger partial charge in [0.25, 0.3) is 0 Å². The maximum absolute atomic E-state index is 12.2. The Hall–Kier alpha value is -3.41. The number of hydrogen-bond donors (Lipinski definition) is 1. The van der Waals surface area contributed by atoms with Gasteiger partial charge in [-0.3, -0.25) is 0 Å². The second kappa shape index (κ2) is 5.10. The lowest BCUT2D eigenvalue weighted by Crippen LogP contribution is -2.10. The number of hydrogen-bond acceptors (Lipinski definition) is 5. The second-order valence-corrected chi connectivity index (χ2v) is 5.13. The monoisotopic (exact) mass is 304 g/mol. The summed E-state index contributed by atoms with van der Waals surface area (Å²) in [7, 11) is 0. The predicted molar refractivity (Wildman–Crippen MR) is 87.2 cm³/mol. The molecule has 0 saturated carbocycles. The van der Waals surface area contributed by atoms with Gasteiger partial charge in [0.2, 0.25) is 0 Å². The van der Waals surface area contributed by atoms with Crippen molar-refractivity contribution in [3.8, 4) is 16.9 Å². The van der Waals surface area contributed by atoms with Crippen LogP contribution in [0.4, 0.5) is 5.69 Å². The topological polar surface area (TPSA) is 86.9 Å².